The van der Waals surface area contributed by atoms with E-state index in [0.29, 0.717) is 13.2 Å². The van der Waals surface area contributed by atoms with Crippen molar-refractivity contribution in [2.24, 2.45) is 7.05 Å². The van der Waals surface area contributed by atoms with Crippen LogP contribution in [0.1, 0.15) is 18.2 Å². The molecule has 5 nitrogen and oxygen atoms in total. The second-order valence-corrected chi connectivity index (χ2v) is 5.78. The minimum atomic E-state index is 0.0719. The number of carbonyl (C=O) groups is 1. The van der Waals surface area contributed by atoms with Crippen molar-refractivity contribution in [2.45, 2.75) is 19.8 Å². The average molecular weight is 313 g/mol. The lowest BCUT2D eigenvalue weighted by atomic mass is 10.0. The number of amides is 1. The van der Waals surface area contributed by atoms with Gasteiger partial charge in [0, 0.05) is 44.3 Å². The van der Waals surface area contributed by atoms with Gasteiger partial charge in [-0.25, -0.2) is 0 Å². The molecule has 5 heteroatoms. The van der Waals surface area contributed by atoms with Gasteiger partial charge in [-0.1, -0.05) is 30.3 Å². The van der Waals surface area contributed by atoms with Crippen LogP contribution in [0.2, 0.25) is 0 Å². The number of nitrogens with zero attached hydrogens (tertiary/aromatic N) is 3. The first-order chi connectivity index (χ1) is 11.2. The van der Waals surface area contributed by atoms with E-state index >= 15 is 0 Å². The second kappa shape index (κ2) is 6.96. The van der Waals surface area contributed by atoms with Crippen molar-refractivity contribution in [1.82, 2.24) is 14.7 Å². The molecule has 1 aromatic carbocycles. The van der Waals surface area contributed by atoms with E-state index in [0.717, 1.165) is 25.1 Å². The minimum Gasteiger partial charge on any atom is -0.372 e. The van der Waals surface area contributed by atoms with Crippen molar-refractivity contribution in [2.75, 3.05) is 26.3 Å². The molecule has 2 aromatic rings. The summed E-state index contributed by atoms with van der Waals surface area (Å²) in [5.74, 6) is 0.0719. The van der Waals surface area contributed by atoms with Crippen molar-refractivity contribution in [3.8, 4) is 11.3 Å². The summed E-state index contributed by atoms with van der Waals surface area (Å²) in [7, 11) is 1.99. The molecule has 2 heterocycles. The predicted octanol–water partition coefficient (Wildman–Crippen LogP) is 2.05. The number of rotatable bonds is 4. The molecule has 0 unspecified atom stereocenters. The SMILES string of the molecule is CCOCC(=O)N1CCc2nn(C)c(-c3ccccc3)c2CC1. The van der Waals surface area contributed by atoms with Crippen molar-refractivity contribution in [3.05, 3.63) is 41.6 Å². The predicted molar refractivity (Wildman–Crippen MR) is 89.1 cm³/mol. The van der Waals surface area contributed by atoms with Crippen LogP contribution < -0.4 is 0 Å². The maximum Gasteiger partial charge on any atom is 0.248 e. The molecule has 0 fully saturated rings. The Balaban J connectivity index is 1.82. The summed E-state index contributed by atoms with van der Waals surface area (Å²) in [6.07, 6.45) is 1.64. The van der Waals surface area contributed by atoms with Gasteiger partial charge in [-0.3, -0.25) is 9.48 Å². The highest BCUT2D eigenvalue weighted by Gasteiger charge is 2.24. The third-order valence-electron chi connectivity index (χ3n) is 4.31. The zero-order valence-corrected chi connectivity index (χ0v) is 13.8. The monoisotopic (exact) mass is 313 g/mol. The lowest BCUT2D eigenvalue weighted by Gasteiger charge is -2.20. The van der Waals surface area contributed by atoms with Gasteiger partial charge in [0.15, 0.2) is 0 Å². The summed E-state index contributed by atoms with van der Waals surface area (Å²) in [5.41, 5.74) is 4.72. The molecule has 1 aliphatic rings. The van der Waals surface area contributed by atoms with Gasteiger partial charge in [-0.05, 0) is 13.3 Å². The molecule has 0 saturated heterocycles. The molecule has 0 bridgehead atoms. The number of fused-ring (bicyclic) bond motifs is 1. The third kappa shape index (κ3) is 3.29. The van der Waals surface area contributed by atoms with Crippen LogP contribution in [0.15, 0.2) is 30.3 Å². The van der Waals surface area contributed by atoms with Gasteiger partial charge < -0.3 is 9.64 Å². The Kier molecular flexibility index (Phi) is 4.76. The Hall–Kier alpha value is -2.14. The third-order valence-corrected chi connectivity index (χ3v) is 4.31. The Bertz CT molecular complexity index is 679. The summed E-state index contributed by atoms with van der Waals surface area (Å²) in [6.45, 7) is 4.09. The number of benzene rings is 1. The van der Waals surface area contributed by atoms with Crippen molar-refractivity contribution < 1.29 is 9.53 Å². The summed E-state index contributed by atoms with van der Waals surface area (Å²) < 4.78 is 7.22. The van der Waals surface area contributed by atoms with Crippen molar-refractivity contribution >= 4 is 5.91 Å². The smallest absolute Gasteiger partial charge is 0.248 e. The normalized spacial score (nSPS) is 14.4. The maximum atomic E-state index is 12.2. The number of ether oxygens (including phenoxy) is 1. The summed E-state index contributed by atoms with van der Waals surface area (Å²) in [4.78, 5) is 14.1. The number of aromatic nitrogens is 2. The molecular formula is C18H23N3O2. The molecule has 0 radical (unpaired) electrons. The number of aryl methyl sites for hydroxylation is 1. The highest BCUT2D eigenvalue weighted by atomic mass is 16.5. The van der Waals surface area contributed by atoms with E-state index in [9.17, 15) is 4.79 Å². The van der Waals surface area contributed by atoms with Gasteiger partial charge >= 0.3 is 0 Å². The molecule has 0 N–H and O–H groups in total. The van der Waals surface area contributed by atoms with Gasteiger partial charge in [0.05, 0.1) is 11.4 Å². The van der Waals surface area contributed by atoms with Crippen molar-refractivity contribution in [1.29, 1.82) is 0 Å². The van der Waals surface area contributed by atoms with Gasteiger partial charge in [0.2, 0.25) is 5.91 Å². The van der Waals surface area contributed by atoms with Crippen LogP contribution >= 0.6 is 0 Å². The van der Waals surface area contributed by atoms with Gasteiger partial charge in [-0.2, -0.15) is 5.10 Å². The zero-order chi connectivity index (χ0) is 16.2. The molecule has 0 aliphatic carbocycles. The molecule has 1 amide bonds. The first kappa shape index (κ1) is 15.7. The van der Waals surface area contributed by atoms with Crippen LogP contribution in [-0.2, 0) is 29.4 Å². The van der Waals surface area contributed by atoms with E-state index in [2.05, 4.69) is 12.1 Å². The molecule has 1 aromatic heterocycles. The van der Waals surface area contributed by atoms with Crippen LogP contribution in [0.4, 0.5) is 0 Å². The average Bonchev–Trinajstić information content (AvgIpc) is 2.75. The largest absolute Gasteiger partial charge is 0.372 e. The molecule has 0 saturated carbocycles. The van der Waals surface area contributed by atoms with Gasteiger partial charge in [0.1, 0.15) is 6.61 Å². The maximum absolute atomic E-state index is 12.2. The molecule has 122 valence electrons. The van der Waals surface area contributed by atoms with Crippen LogP contribution in [0.3, 0.4) is 0 Å². The van der Waals surface area contributed by atoms with Crippen LogP contribution in [0, 0.1) is 0 Å². The fourth-order valence-electron chi connectivity index (χ4n) is 3.17. The van der Waals surface area contributed by atoms with Gasteiger partial charge in [-0.15, -0.1) is 0 Å². The number of hydrogen-bond acceptors (Lipinski definition) is 3. The molecular weight excluding hydrogens is 290 g/mol. The Morgan fingerprint density at radius 2 is 1.96 bits per heavy atom. The van der Waals surface area contributed by atoms with Crippen LogP contribution in [0.5, 0.6) is 0 Å². The Labute approximate surface area is 136 Å². The first-order valence-corrected chi connectivity index (χ1v) is 8.16. The van der Waals surface area contributed by atoms with E-state index < -0.39 is 0 Å². The van der Waals surface area contributed by atoms with Crippen LogP contribution in [-0.4, -0.2) is 46.9 Å². The molecule has 23 heavy (non-hydrogen) atoms. The Morgan fingerprint density at radius 3 is 2.70 bits per heavy atom. The second-order valence-electron chi connectivity index (χ2n) is 5.78. The standard InChI is InChI=1S/C18H23N3O2/c1-3-23-13-17(22)21-11-9-15-16(10-12-21)19-20(2)18(15)14-7-5-4-6-8-14/h4-8H,3,9-13H2,1-2H3. The van der Waals surface area contributed by atoms with E-state index in [1.165, 1.54) is 16.8 Å². The lowest BCUT2D eigenvalue weighted by molar-refractivity contribution is -0.135. The first-order valence-electron chi connectivity index (χ1n) is 8.16. The zero-order valence-electron chi connectivity index (χ0n) is 13.8. The summed E-state index contributed by atoms with van der Waals surface area (Å²) in [6, 6.07) is 10.3. The van der Waals surface area contributed by atoms with E-state index in [1.54, 1.807) is 0 Å². The lowest BCUT2D eigenvalue weighted by Crippen LogP contribution is -2.36. The summed E-state index contributed by atoms with van der Waals surface area (Å²) >= 11 is 0. The quantitative estimate of drug-likeness (QED) is 0.868. The molecule has 1 aliphatic heterocycles. The van der Waals surface area contributed by atoms with E-state index in [1.807, 2.05) is 41.8 Å². The fourth-order valence-corrected chi connectivity index (χ4v) is 3.17. The molecule has 0 spiro atoms. The van der Waals surface area contributed by atoms with Crippen molar-refractivity contribution in [3.63, 3.8) is 0 Å². The van der Waals surface area contributed by atoms with Crippen LogP contribution in [0.25, 0.3) is 11.3 Å². The van der Waals surface area contributed by atoms with E-state index in [4.69, 9.17) is 9.84 Å². The molecule has 3 rings (SSSR count). The fraction of sp³-hybridized carbons (Fsp3) is 0.444. The molecule has 0 atom stereocenters. The highest BCUT2D eigenvalue weighted by Crippen LogP contribution is 2.28. The number of hydrogen-bond donors (Lipinski definition) is 0. The van der Waals surface area contributed by atoms with Gasteiger partial charge in [0.25, 0.3) is 0 Å². The minimum absolute atomic E-state index is 0.0719. The topological polar surface area (TPSA) is 47.4 Å². The summed E-state index contributed by atoms with van der Waals surface area (Å²) in [5, 5.41) is 4.69. The Morgan fingerprint density at radius 1 is 1.22 bits per heavy atom. The highest BCUT2D eigenvalue weighted by molar-refractivity contribution is 5.77. The number of carbonyl (C=O) groups excluding carboxylic acids is 1. The van der Waals surface area contributed by atoms with E-state index in [-0.39, 0.29) is 12.5 Å².